The Hall–Kier alpha value is -1.02. The highest BCUT2D eigenvalue weighted by atomic mass is 35.5. The molecule has 0 bridgehead atoms. The van der Waals surface area contributed by atoms with Crippen LogP contribution < -0.4 is 4.90 Å². The number of hydrogen-bond acceptors (Lipinski definition) is 2. The largest absolute Gasteiger partial charge is 0.358 e. The molecule has 0 aliphatic heterocycles. The van der Waals surface area contributed by atoms with Crippen LogP contribution in [-0.4, -0.2) is 18.8 Å². The molecular weight excluding hydrogens is 186 g/mol. The minimum absolute atomic E-state index is 0.0536. The first kappa shape index (κ1) is 10.1. The molecular formula is C10H12ClNO. The molecule has 1 aromatic rings. The van der Waals surface area contributed by atoms with E-state index in [0.29, 0.717) is 5.56 Å². The number of carbonyl (C=O) groups is 1. The van der Waals surface area contributed by atoms with Gasteiger partial charge in [0.1, 0.15) is 11.8 Å². The van der Waals surface area contributed by atoms with E-state index in [-0.39, 0.29) is 5.50 Å². The third-order valence-electron chi connectivity index (χ3n) is 1.97. The highest BCUT2D eigenvalue weighted by Crippen LogP contribution is 2.16. The summed E-state index contributed by atoms with van der Waals surface area (Å²) in [5.41, 5.74) is 1.63. The SMILES string of the molecule is CC(Cl)N(C)c1ccc(C=O)cc1. The van der Waals surface area contributed by atoms with Crippen molar-refractivity contribution >= 4 is 23.6 Å². The molecule has 2 nitrogen and oxygen atoms in total. The van der Waals surface area contributed by atoms with E-state index in [0.717, 1.165) is 12.0 Å². The molecule has 0 radical (unpaired) electrons. The number of alkyl halides is 1. The standard InChI is InChI=1S/C10H12ClNO/c1-8(11)12(2)10-5-3-9(7-13)4-6-10/h3-8H,1-2H3. The monoisotopic (exact) mass is 197 g/mol. The van der Waals surface area contributed by atoms with Crippen molar-refractivity contribution in [1.82, 2.24) is 0 Å². The molecule has 1 atom stereocenters. The van der Waals surface area contributed by atoms with Crippen molar-refractivity contribution in [3.63, 3.8) is 0 Å². The maximum Gasteiger partial charge on any atom is 0.150 e. The molecule has 0 N–H and O–H groups in total. The summed E-state index contributed by atoms with van der Waals surface area (Å²) < 4.78 is 0. The van der Waals surface area contributed by atoms with Gasteiger partial charge in [0.05, 0.1) is 0 Å². The van der Waals surface area contributed by atoms with Gasteiger partial charge in [0.15, 0.2) is 0 Å². The molecule has 1 unspecified atom stereocenters. The topological polar surface area (TPSA) is 20.3 Å². The Bertz CT molecular complexity index is 281. The van der Waals surface area contributed by atoms with E-state index >= 15 is 0 Å². The normalized spacial score (nSPS) is 12.2. The minimum Gasteiger partial charge on any atom is -0.358 e. The molecule has 0 aromatic heterocycles. The van der Waals surface area contributed by atoms with Gasteiger partial charge in [-0.05, 0) is 31.2 Å². The second-order valence-electron chi connectivity index (χ2n) is 2.89. The van der Waals surface area contributed by atoms with E-state index < -0.39 is 0 Å². The van der Waals surface area contributed by atoms with Gasteiger partial charge in [0, 0.05) is 18.3 Å². The molecule has 0 spiro atoms. The van der Waals surface area contributed by atoms with Crippen molar-refractivity contribution in [2.24, 2.45) is 0 Å². The maximum atomic E-state index is 10.4. The van der Waals surface area contributed by atoms with Crippen molar-refractivity contribution in [2.45, 2.75) is 12.4 Å². The fourth-order valence-corrected chi connectivity index (χ4v) is 1.11. The van der Waals surface area contributed by atoms with E-state index in [9.17, 15) is 4.79 Å². The summed E-state index contributed by atoms with van der Waals surface area (Å²) in [6.07, 6.45) is 0.827. The smallest absolute Gasteiger partial charge is 0.150 e. The number of anilines is 1. The summed E-state index contributed by atoms with van der Waals surface area (Å²) in [4.78, 5) is 12.3. The van der Waals surface area contributed by atoms with Crippen molar-refractivity contribution in [3.8, 4) is 0 Å². The van der Waals surface area contributed by atoms with Gasteiger partial charge in [-0.15, -0.1) is 0 Å². The Labute approximate surface area is 83.1 Å². The predicted octanol–water partition coefficient (Wildman–Crippen LogP) is 2.52. The Morgan fingerprint density at radius 1 is 1.38 bits per heavy atom. The summed E-state index contributed by atoms with van der Waals surface area (Å²) in [5, 5.41) is 0. The van der Waals surface area contributed by atoms with Gasteiger partial charge in [-0.1, -0.05) is 11.6 Å². The first-order valence-electron chi connectivity index (χ1n) is 4.07. The second-order valence-corrected chi connectivity index (χ2v) is 3.53. The summed E-state index contributed by atoms with van der Waals surface area (Å²) in [6, 6.07) is 7.31. The van der Waals surface area contributed by atoms with E-state index in [2.05, 4.69) is 0 Å². The average molecular weight is 198 g/mol. The van der Waals surface area contributed by atoms with E-state index in [4.69, 9.17) is 11.6 Å². The molecule has 0 heterocycles. The summed E-state index contributed by atoms with van der Waals surface area (Å²) >= 11 is 5.89. The van der Waals surface area contributed by atoms with E-state index in [1.54, 1.807) is 12.1 Å². The van der Waals surface area contributed by atoms with Crippen LogP contribution in [0.2, 0.25) is 0 Å². The van der Waals surface area contributed by atoms with Gasteiger partial charge < -0.3 is 4.90 Å². The van der Waals surface area contributed by atoms with Gasteiger partial charge >= 0.3 is 0 Å². The lowest BCUT2D eigenvalue weighted by Gasteiger charge is -2.21. The quantitative estimate of drug-likeness (QED) is 0.422. The van der Waals surface area contributed by atoms with Crippen LogP contribution in [-0.2, 0) is 0 Å². The van der Waals surface area contributed by atoms with Crippen molar-refractivity contribution in [3.05, 3.63) is 29.8 Å². The summed E-state index contributed by atoms with van der Waals surface area (Å²) in [7, 11) is 1.91. The Morgan fingerprint density at radius 2 is 1.92 bits per heavy atom. The molecule has 1 rings (SSSR count). The van der Waals surface area contributed by atoms with Crippen LogP contribution in [0, 0.1) is 0 Å². The lowest BCUT2D eigenvalue weighted by molar-refractivity contribution is 0.112. The zero-order valence-corrected chi connectivity index (χ0v) is 8.45. The minimum atomic E-state index is -0.0536. The molecule has 3 heteroatoms. The zero-order chi connectivity index (χ0) is 9.84. The number of hydrogen-bond donors (Lipinski definition) is 0. The van der Waals surface area contributed by atoms with Crippen LogP contribution in [0.1, 0.15) is 17.3 Å². The number of halogens is 1. The molecule has 1 aromatic carbocycles. The Balaban J connectivity index is 2.85. The van der Waals surface area contributed by atoms with Crippen LogP contribution in [0.15, 0.2) is 24.3 Å². The molecule has 0 aliphatic carbocycles. The van der Waals surface area contributed by atoms with Crippen LogP contribution in [0.4, 0.5) is 5.69 Å². The number of nitrogens with zero attached hydrogens (tertiary/aromatic N) is 1. The Kier molecular flexibility index (Phi) is 3.32. The number of benzene rings is 1. The predicted molar refractivity (Wildman–Crippen MR) is 55.5 cm³/mol. The van der Waals surface area contributed by atoms with E-state index in [1.807, 2.05) is 31.0 Å². The lowest BCUT2D eigenvalue weighted by Crippen LogP contribution is -2.23. The zero-order valence-electron chi connectivity index (χ0n) is 7.70. The van der Waals surface area contributed by atoms with Crippen molar-refractivity contribution in [2.75, 3.05) is 11.9 Å². The first-order chi connectivity index (χ1) is 6.15. The summed E-state index contributed by atoms with van der Waals surface area (Å²) in [6.45, 7) is 1.90. The number of rotatable bonds is 3. The van der Waals surface area contributed by atoms with Gasteiger partial charge in [0.25, 0.3) is 0 Å². The molecule has 0 saturated carbocycles. The van der Waals surface area contributed by atoms with E-state index in [1.165, 1.54) is 0 Å². The fourth-order valence-electron chi connectivity index (χ4n) is 0.993. The van der Waals surface area contributed by atoms with Crippen molar-refractivity contribution in [1.29, 1.82) is 0 Å². The van der Waals surface area contributed by atoms with Crippen LogP contribution in [0.25, 0.3) is 0 Å². The first-order valence-corrected chi connectivity index (χ1v) is 4.51. The van der Waals surface area contributed by atoms with Gasteiger partial charge in [0.2, 0.25) is 0 Å². The van der Waals surface area contributed by atoms with Crippen LogP contribution in [0.3, 0.4) is 0 Å². The number of aldehydes is 1. The molecule has 13 heavy (non-hydrogen) atoms. The molecule has 0 saturated heterocycles. The average Bonchev–Trinajstić information content (AvgIpc) is 2.17. The highest BCUT2D eigenvalue weighted by molar-refractivity contribution is 6.21. The van der Waals surface area contributed by atoms with Crippen LogP contribution >= 0.6 is 11.6 Å². The van der Waals surface area contributed by atoms with Crippen LogP contribution in [0.5, 0.6) is 0 Å². The highest BCUT2D eigenvalue weighted by Gasteiger charge is 2.05. The third-order valence-corrected chi connectivity index (χ3v) is 2.26. The van der Waals surface area contributed by atoms with Gasteiger partial charge in [-0.3, -0.25) is 4.79 Å². The van der Waals surface area contributed by atoms with Gasteiger partial charge in [-0.25, -0.2) is 0 Å². The molecule has 0 aliphatic rings. The van der Waals surface area contributed by atoms with Crippen molar-refractivity contribution < 1.29 is 4.79 Å². The molecule has 0 amide bonds. The molecule has 70 valence electrons. The number of carbonyl (C=O) groups excluding carboxylic acids is 1. The van der Waals surface area contributed by atoms with Gasteiger partial charge in [-0.2, -0.15) is 0 Å². The fraction of sp³-hybridized carbons (Fsp3) is 0.300. The maximum absolute atomic E-state index is 10.4. The Morgan fingerprint density at radius 3 is 2.31 bits per heavy atom. The lowest BCUT2D eigenvalue weighted by atomic mass is 10.2. The second kappa shape index (κ2) is 4.28. The summed E-state index contributed by atoms with van der Waals surface area (Å²) in [5.74, 6) is 0. The third kappa shape index (κ3) is 2.46. The molecule has 0 fully saturated rings.